The predicted molar refractivity (Wildman–Crippen MR) is 51.6 cm³/mol. The van der Waals surface area contributed by atoms with E-state index in [4.69, 9.17) is 5.73 Å². The second-order valence-corrected chi connectivity index (χ2v) is 3.55. The zero-order valence-electron chi connectivity index (χ0n) is 6.69. The first-order valence-corrected chi connectivity index (χ1v) is 3.71. The molecule has 68 valence electrons. The Morgan fingerprint density at radius 3 is 1.91 bits per heavy atom. The van der Waals surface area contributed by atoms with Crippen LogP contribution in [0.1, 0.15) is 6.42 Å². The number of fused-ring (bicyclic) bond motifs is 2. The first-order chi connectivity index (χ1) is 4.27. The zero-order valence-corrected chi connectivity index (χ0v) is 8.33. The fourth-order valence-electron chi connectivity index (χ4n) is 2.16. The maximum atomic E-state index is 5.86. The molecule has 0 aromatic carbocycles. The summed E-state index contributed by atoms with van der Waals surface area (Å²) in [5.74, 6) is 1.66. The summed E-state index contributed by atoms with van der Waals surface area (Å²) in [5, 5.41) is 0. The molecule has 3 fully saturated rings. The number of piperidine rings is 2. The van der Waals surface area contributed by atoms with Crippen molar-refractivity contribution in [2.45, 2.75) is 12.5 Å². The van der Waals surface area contributed by atoms with Crippen LogP contribution >= 0.6 is 24.8 Å². The molecule has 0 aromatic heterocycles. The average Bonchev–Trinajstić information content (AvgIpc) is 1.87. The number of nitrogens with two attached hydrogens (primary N) is 1. The molecule has 0 radical (unpaired) electrons. The van der Waals surface area contributed by atoms with Gasteiger partial charge in [0, 0.05) is 19.1 Å². The SMILES string of the molecule is CN1C[C@H]2C[C@@H](C1)C2N.Cl.Cl. The van der Waals surface area contributed by atoms with Crippen LogP contribution in [-0.2, 0) is 0 Å². The lowest BCUT2D eigenvalue weighted by molar-refractivity contribution is 0.0171. The van der Waals surface area contributed by atoms with Gasteiger partial charge in [-0.2, -0.15) is 0 Å². The molecule has 0 aromatic rings. The Labute approximate surface area is 80.3 Å². The summed E-state index contributed by atoms with van der Waals surface area (Å²) in [6.45, 7) is 2.47. The van der Waals surface area contributed by atoms with Crippen LogP contribution < -0.4 is 5.73 Å². The minimum absolute atomic E-state index is 0. The van der Waals surface area contributed by atoms with Crippen molar-refractivity contribution >= 4 is 24.8 Å². The van der Waals surface area contributed by atoms with Crippen molar-refractivity contribution in [1.82, 2.24) is 4.90 Å². The lowest BCUT2D eigenvalue weighted by atomic mass is 9.67. The summed E-state index contributed by atoms with van der Waals surface area (Å²) in [6.07, 6.45) is 1.39. The van der Waals surface area contributed by atoms with Gasteiger partial charge in [0.1, 0.15) is 0 Å². The van der Waals surface area contributed by atoms with Crippen LogP contribution in [0.4, 0.5) is 0 Å². The minimum Gasteiger partial charge on any atom is -0.327 e. The van der Waals surface area contributed by atoms with Crippen molar-refractivity contribution < 1.29 is 0 Å². The van der Waals surface area contributed by atoms with Gasteiger partial charge in [-0.15, -0.1) is 24.8 Å². The largest absolute Gasteiger partial charge is 0.327 e. The van der Waals surface area contributed by atoms with E-state index in [1.807, 2.05) is 0 Å². The second-order valence-electron chi connectivity index (χ2n) is 3.55. The van der Waals surface area contributed by atoms with E-state index in [0.29, 0.717) is 6.04 Å². The maximum absolute atomic E-state index is 5.86. The summed E-state index contributed by atoms with van der Waals surface area (Å²) < 4.78 is 0. The van der Waals surface area contributed by atoms with E-state index in [1.165, 1.54) is 19.5 Å². The zero-order chi connectivity index (χ0) is 6.43. The Bertz CT molecular complexity index is 120. The highest BCUT2D eigenvalue weighted by Crippen LogP contribution is 2.37. The quantitative estimate of drug-likeness (QED) is 0.623. The number of hydrogen-bond donors (Lipinski definition) is 1. The highest BCUT2D eigenvalue weighted by Gasteiger charge is 2.43. The first kappa shape index (κ1) is 11.5. The van der Waals surface area contributed by atoms with E-state index in [1.54, 1.807) is 0 Å². The van der Waals surface area contributed by atoms with Crippen molar-refractivity contribution in [2.24, 2.45) is 17.6 Å². The normalized spacial score (nSPS) is 41.5. The van der Waals surface area contributed by atoms with Crippen LogP contribution in [0.15, 0.2) is 0 Å². The highest BCUT2D eigenvalue weighted by molar-refractivity contribution is 5.85. The van der Waals surface area contributed by atoms with E-state index in [9.17, 15) is 0 Å². The van der Waals surface area contributed by atoms with Gasteiger partial charge in [0.25, 0.3) is 0 Å². The number of nitrogens with zero attached hydrogens (tertiary/aromatic N) is 1. The van der Waals surface area contributed by atoms with E-state index < -0.39 is 0 Å². The Hall–Kier alpha value is 0.500. The third-order valence-electron chi connectivity index (χ3n) is 2.79. The Morgan fingerprint density at radius 2 is 1.64 bits per heavy atom. The molecule has 4 heteroatoms. The topological polar surface area (TPSA) is 29.3 Å². The van der Waals surface area contributed by atoms with Gasteiger partial charge in [-0.1, -0.05) is 0 Å². The average molecular weight is 199 g/mol. The van der Waals surface area contributed by atoms with Gasteiger partial charge in [-0.25, -0.2) is 0 Å². The molecule has 3 aliphatic rings. The van der Waals surface area contributed by atoms with Crippen molar-refractivity contribution in [1.29, 1.82) is 0 Å². The van der Waals surface area contributed by atoms with Crippen LogP contribution in [0.25, 0.3) is 0 Å². The Kier molecular flexibility index (Phi) is 4.12. The van der Waals surface area contributed by atoms with Crippen LogP contribution in [0, 0.1) is 11.8 Å². The number of halogens is 2. The van der Waals surface area contributed by atoms with Crippen molar-refractivity contribution in [3.8, 4) is 0 Å². The molecule has 11 heavy (non-hydrogen) atoms. The minimum atomic E-state index is 0. The molecule has 3 rings (SSSR count). The van der Waals surface area contributed by atoms with Crippen LogP contribution in [-0.4, -0.2) is 31.1 Å². The van der Waals surface area contributed by atoms with Gasteiger partial charge in [-0.3, -0.25) is 0 Å². The first-order valence-electron chi connectivity index (χ1n) is 3.71. The fraction of sp³-hybridized carbons (Fsp3) is 1.00. The second kappa shape index (κ2) is 3.94. The summed E-state index contributed by atoms with van der Waals surface area (Å²) in [7, 11) is 2.19. The molecule has 2 heterocycles. The third-order valence-corrected chi connectivity index (χ3v) is 2.79. The molecular formula is C7H16Cl2N2. The molecule has 2 bridgehead atoms. The molecule has 1 unspecified atom stereocenters. The summed E-state index contributed by atoms with van der Waals surface area (Å²) in [5.41, 5.74) is 5.86. The van der Waals surface area contributed by atoms with Crippen LogP contribution in [0.3, 0.4) is 0 Å². The van der Waals surface area contributed by atoms with Gasteiger partial charge in [0.15, 0.2) is 0 Å². The third kappa shape index (κ3) is 1.81. The molecule has 0 amide bonds. The standard InChI is InChI=1S/C7H14N2.2ClH/c1-9-3-5-2-6(4-9)7(5)8;;/h5-7H,2-4,8H2,1H3;2*1H/t5-,6+,7?;;. The molecule has 1 aliphatic carbocycles. The van der Waals surface area contributed by atoms with E-state index in [0.717, 1.165) is 11.8 Å². The smallest absolute Gasteiger partial charge is 0.0120 e. The fourth-order valence-corrected chi connectivity index (χ4v) is 2.16. The number of hydrogen-bond acceptors (Lipinski definition) is 2. The van der Waals surface area contributed by atoms with Gasteiger partial charge < -0.3 is 10.6 Å². The Balaban J connectivity index is 0.000000500. The predicted octanol–water partition coefficient (Wildman–Crippen LogP) is 0.739. The maximum Gasteiger partial charge on any atom is 0.0120 e. The summed E-state index contributed by atoms with van der Waals surface area (Å²) in [6, 6.07) is 0.543. The molecule has 2 nitrogen and oxygen atoms in total. The van der Waals surface area contributed by atoms with Crippen molar-refractivity contribution in [3.63, 3.8) is 0 Å². The molecular weight excluding hydrogens is 183 g/mol. The van der Waals surface area contributed by atoms with Crippen LogP contribution in [0.2, 0.25) is 0 Å². The lowest BCUT2D eigenvalue weighted by Gasteiger charge is -2.51. The molecule has 0 spiro atoms. The highest BCUT2D eigenvalue weighted by atomic mass is 35.5. The lowest BCUT2D eigenvalue weighted by Crippen LogP contribution is -2.60. The van der Waals surface area contributed by atoms with Gasteiger partial charge in [0.2, 0.25) is 0 Å². The molecule has 2 N–H and O–H groups in total. The van der Waals surface area contributed by atoms with Crippen LogP contribution in [0.5, 0.6) is 0 Å². The molecule has 2 aliphatic heterocycles. The monoisotopic (exact) mass is 198 g/mol. The number of rotatable bonds is 0. The summed E-state index contributed by atoms with van der Waals surface area (Å²) >= 11 is 0. The van der Waals surface area contributed by atoms with Gasteiger partial charge in [-0.05, 0) is 25.3 Å². The summed E-state index contributed by atoms with van der Waals surface area (Å²) in [4.78, 5) is 2.39. The molecule has 2 saturated heterocycles. The van der Waals surface area contributed by atoms with E-state index in [2.05, 4.69) is 11.9 Å². The molecule has 1 saturated carbocycles. The van der Waals surface area contributed by atoms with E-state index >= 15 is 0 Å². The Morgan fingerprint density at radius 1 is 1.18 bits per heavy atom. The van der Waals surface area contributed by atoms with Gasteiger partial charge >= 0.3 is 0 Å². The van der Waals surface area contributed by atoms with Crippen molar-refractivity contribution in [3.05, 3.63) is 0 Å². The van der Waals surface area contributed by atoms with Crippen molar-refractivity contribution in [2.75, 3.05) is 20.1 Å². The van der Waals surface area contributed by atoms with E-state index in [-0.39, 0.29) is 24.8 Å². The molecule has 3 atom stereocenters. The van der Waals surface area contributed by atoms with Gasteiger partial charge in [0.05, 0.1) is 0 Å².